The van der Waals surface area contributed by atoms with Gasteiger partial charge in [-0.25, -0.2) is 9.97 Å². The van der Waals surface area contributed by atoms with Gasteiger partial charge in [0.05, 0.1) is 27.8 Å². The molecule has 0 unspecified atom stereocenters. The van der Waals surface area contributed by atoms with E-state index in [1.54, 1.807) is 0 Å². The van der Waals surface area contributed by atoms with Crippen LogP contribution in [0, 0.1) is 0 Å². The van der Waals surface area contributed by atoms with Crippen LogP contribution in [0.3, 0.4) is 0 Å². The number of nitrogens with zero attached hydrogens (tertiary/aromatic N) is 4. The molecule has 0 spiro atoms. The van der Waals surface area contributed by atoms with Gasteiger partial charge in [0.1, 0.15) is 11.6 Å². The number of rotatable bonds is 9. The van der Waals surface area contributed by atoms with Crippen LogP contribution in [0.4, 0.5) is 0 Å². The molecule has 0 radical (unpaired) electrons. The van der Waals surface area contributed by atoms with Crippen LogP contribution >= 0.6 is 0 Å². The Labute approximate surface area is 588 Å². The minimum Gasteiger partial charge on any atom is -0.292 e. The second-order valence-electron chi connectivity index (χ2n) is 27.0. The second kappa shape index (κ2) is 23.0. The van der Waals surface area contributed by atoms with Gasteiger partial charge in [-0.2, -0.15) is 0 Å². The van der Waals surface area contributed by atoms with Crippen LogP contribution in [0.15, 0.2) is 364 Å². The maximum absolute atomic E-state index is 5.61. The first-order chi connectivity index (χ1) is 50.6. The lowest BCUT2D eigenvalue weighted by atomic mass is 9.82. The van der Waals surface area contributed by atoms with E-state index < -0.39 is 0 Å². The van der Waals surface area contributed by atoms with Gasteiger partial charge in [0, 0.05) is 27.6 Å². The molecular formula is C98H60N4. The molecule has 21 rings (SSSR count). The monoisotopic (exact) mass is 1290 g/mol. The van der Waals surface area contributed by atoms with Gasteiger partial charge in [-0.05, 0) is 202 Å². The Morgan fingerprint density at radius 3 is 1.04 bits per heavy atom. The van der Waals surface area contributed by atoms with Gasteiger partial charge in [0.25, 0.3) is 0 Å². The summed E-state index contributed by atoms with van der Waals surface area (Å²) >= 11 is 0. The molecule has 0 atom stereocenters. The van der Waals surface area contributed by atoms with Crippen LogP contribution < -0.4 is 0 Å². The summed E-state index contributed by atoms with van der Waals surface area (Å²) in [5, 5.41) is 21.7. The van der Waals surface area contributed by atoms with E-state index in [0.717, 1.165) is 83.5 Å². The van der Waals surface area contributed by atoms with Crippen molar-refractivity contribution in [2.45, 2.75) is 0 Å². The highest BCUT2D eigenvalue weighted by Gasteiger charge is 2.27. The zero-order valence-corrected chi connectivity index (χ0v) is 55.4. The molecule has 2 aromatic heterocycles. The highest BCUT2D eigenvalue weighted by atomic mass is 15.1. The van der Waals surface area contributed by atoms with Crippen molar-refractivity contribution in [3.05, 3.63) is 364 Å². The number of benzene rings is 19. The molecule has 0 aliphatic carbocycles. The largest absolute Gasteiger partial charge is 0.292 e. The smallest absolute Gasteiger partial charge is 0.145 e. The molecular weight excluding hydrogens is 1230 g/mol. The van der Waals surface area contributed by atoms with E-state index in [0.29, 0.717) is 0 Å². The van der Waals surface area contributed by atoms with Gasteiger partial charge >= 0.3 is 0 Å². The first-order valence-electron chi connectivity index (χ1n) is 35.1. The molecule has 0 saturated carbocycles. The fourth-order valence-corrected chi connectivity index (χ4v) is 16.9. The van der Waals surface area contributed by atoms with Crippen LogP contribution in [0.25, 0.3) is 209 Å². The Morgan fingerprint density at radius 2 is 0.520 bits per heavy atom. The maximum Gasteiger partial charge on any atom is 0.145 e. The average molecular weight is 1290 g/mol. The zero-order chi connectivity index (χ0) is 66.9. The van der Waals surface area contributed by atoms with Crippen molar-refractivity contribution in [3.8, 4) is 89.8 Å². The van der Waals surface area contributed by atoms with Crippen LogP contribution in [0.1, 0.15) is 0 Å². The third-order valence-electron chi connectivity index (χ3n) is 21.4. The number of fused-ring (bicyclic) bond motifs is 11. The summed E-state index contributed by atoms with van der Waals surface area (Å²) in [4.78, 5) is 11.1. The Morgan fingerprint density at radius 1 is 0.176 bits per heavy atom. The molecule has 21 aromatic rings. The van der Waals surface area contributed by atoms with Gasteiger partial charge < -0.3 is 0 Å². The quantitative estimate of drug-likeness (QED) is 0.135. The minimum atomic E-state index is 0.868. The molecule has 102 heavy (non-hydrogen) atoms. The van der Waals surface area contributed by atoms with Crippen molar-refractivity contribution in [3.63, 3.8) is 0 Å². The van der Waals surface area contributed by atoms with Crippen LogP contribution in [-0.2, 0) is 0 Å². The van der Waals surface area contributed by atoms with E-state index in [-0.39, 0.29) is 0 Å². The van der Waals surface area contributed by atoms with Crippen molar-refractivity contribution in [2.75, 3.05) is 0 Å². The normalized spacial score (nSPS) is 11.9. The summed E-state index contributed by atoms with van der Waals surface area (Å²) in [6.45, 7) is 0. The van der Waals surface area contributed by atoms with Crippen molar-refractivity contribution >= 4 is 119 Å². The van der Waals surface area contributed by atoms with E-state index in [1.807, 2.05) is 0 Å². The van der Waals surface area contributed by atoms with E-state index in [1.165, 1.54) is 125 Å². The molecule has 2 heterocycles. The fourth-order valence-electron chi connectivity index (χ4n) is 16.9. The standard InChI is InChI=1S/C98H60N4/c1-2-25-63(26-3-1)97-100-88-54-52-69(60-90(88)101(97)74-53-51-67-57-72(50-47-68(67)59-74)92-77-33-10-8-31-75(77)91(76-32-9-11-34-78(76)92)70-48-45-61-23-4-6-27-64(61)55-70)66-29-22-30-73(58-66)98-99-87-43-20-21-44-89(87)102(98)96-85-41-18-16-39-83(85)95(84-40-17-19-42-86(84)96)94-81-37-14-12-35-79(81)93(80-36-13-15-38-82(80)94)71-49-46-62-24-5-7-28-65(62)56-71/h1-60H. The lowest BCUT2D eigenvalue weighted by Gasteiger charge is -2.23. The van der Waals surface area contributed by atoms with E-state index in [4.69, 9.17) is 9.97 Å². The Bertz CT molecular complexity index is 6900. The van der Waals surface area contributed by atoms with Gasteiger partial charge in [0.15, 0.2) is 0 Å². The molecule has 19 aromatic carbocycles. The number of para-hydroxylation sites is 2. The summed E-state index contributed by atoms with van der Waals surface area (Å²) in [6, 6.07) is 134. The van der Waals surface area contributed by atoms with Crippen LogP contribution in [0.5, 0.6) is 0 Å². The predicted molar refractivity (Wildman–Crippen MR) is 431 cm³/mol. The third-order valence-corrected chi connectivity index (χ3v) is 21.4. The molecule has 0 amide bonds. The number of imidazole rings is 2. The summed E-state index contributed by atoms with van der Waals surface area (Å²) in [6.07, 6.45) is 0. The summed E-state index contributed by atoms with van der Waals surface area (Å²) in [7, 11) is 0. The highest BCUT2D eigenvalue weighted by molar-refractivity contribution is 6.30. The van der Waals surface area contributed by atoms with E-state index >= 15 is 0 Å². The van der Waals surface area contributed by atoms with Crippen LogP contribution in [-0.4, -0.2) is 19.1 Å². The molecule has 0 N–H and O–H groups in total. The van der Waals surface area contributed by atoms with Crippen molar-refractivity contribution in [1.29, 1.82) is 0 Å². The molecule has 472 valence electrons. The fraction of sp³-hybridized carbons (Fsp3) is 0. The molecule has 0 aliphatic heterocycles. The first kappa shape index (κ1) is 57.5. The average Bonchev–Trinajstić information content (AvgIpc) is 1.19. The molecule has 0 bridgehead atoms. The lowest BCUT2D eigenvalue weighted by molar-refractivity contribution is 1.11. The molecule has 0 aliphatic rings. The van der Waals surface area contributed by atoms with Gasteiger partial charge in [-0.1, -0.05) is 303 Å². The lowest BCUT2D eigenvalue weighted by Crippen LogP contribution is -2.02. The van der Waals surface area contributed by atoms with Crippen molar-refractivity contribution < 1.29 is 0 Å². The third kappa shape index (κ3) is 9.03. The maximum atomic E-state index is 5.61. The SMILES string of the molecule is c1ccc(-c2nc3ccc(-c4cccc(-c5nc6ccccc6n5-c5c6ccccc6c(-c6c7ccccc7c(-c7ccc8ccccc8c7)c7ccccc67)c6ccccc56)c4)cc3n2-c2ccc3cc(-c4c5ccccc5c(-c5ccc6ccccc6c5)c5ccccc45)ccc3c2)cc1. The van der Waals surface area contributed by atoms with Crippen LogP contribution in [0.2, 0.25) is 0 Å². The topological polar surface area (TPSA) is 35.6 Å². The van der Waals surface area contributed by atoms with Gasteiger partial charge in [-0.3, -0.25) is 9.13 Å². The summed E-state index contributed by atoms with van der Waals surface area (Å²) < 4.78 is 4.78. The van der Waals surface area contributed by atoms with Gasteiger partial charge in [-0.15, -0.1) is 0 Å². The van der Waals surface area contributed by atoms with E-state index in [9.17, 15) is 0 Å². The van der Waals surface area contributed by atoms with E-state index in [2.05, 4.69) is 373 Å². The second-order valence-corrected chi connectivity index (χ2v) is 27.0. The van der Waals surface area contributed by atoms with Crippen molar-refractivity contribution in [1.82, 2.24) is 19.1 Å². The Balaban J connectivity index is 0.701. The molecule has 0 fully saturated rings. The number of hydrogen-bond acceptors (Lipinski definition) is 2. The Kier molecular flexibility index (Phi) is 13.0. The summed E-state index contributed by atoms with van der Waals surface area (Å²) in [5.74, 6) is 1.75. The summed E-state index contributed by atoms with van der Waals surface area (Å²) in [5.41, 5.74) is 20.1. The predicted octanol–water partition coefficient (Wildman–Crippen LogP) is 26.4. The Hall–Kier alpha value is -13.5. The molecule has 4 heteroatoms. The first-order valence-corrected chi connectivity index (χ1v) is 35.1. The van der Waals surface area contributed by atoms with Gasteiger partial charge in [0.2, 0.25) is 0 Å². The highest BCUT2D eigenvalue weighted by Crippen LogP contribution is 2.51. The van der Waals surface area contributed by atoms with Crippen molar-refractivity contribution in [2.24, 2.45) is 0 Å². The zero-order valence-electron chi connectivity index (χ0n) is 55.4. The molecule has 0 saturated heterocycles. The molecule has 4 nitrogen and oxygen atoms in total. The number of aromatic nitrogens is 4. The minimum absolute atomic E-state index is 0.868. The number of hydrogen-bond donors (Lipinski definition) is 0.